The van der Waals surface area contributed by atoms with Gasteiger partial charge in [0.1, 0.15) is 11.1 Å². The molecule has 4 heteroatoms. The van der Waals surface area contributed by atoms with Crippen LogP contribution in [0.25, 0.3) is 0 Å². The molecule has 3 aromatic rings. The van der Waals surface area contributed by atoms with E-state index in [-0.39, 0.29) is 10.6 Å². The van der Waals surface area contributed by atoms with Gasteiger partial charge in [-0.15, -0.1) is 11.6 Å². The zero-order valence-electron chi connectivity index (χ0n) is 14.7. The van der Waals surface area contributed by atoms with Crippen molar-refractivity contribution in [1.29, 1.82) is 5.26 Å². The second kappa shape index (κ2) is 8.40. The summed E-state index contributed by atoms with van der Waals surface area (Å²) in [5, 5.41) is 10.0. The molecule has 26 heavy (non-hydrogen) atoms. The SMILES string of the molecule is Cc1cc(C)c(C#N)c(SC(c2ccccc2)C(Cl)c2ccccc2)n1. The van der Waals surface area contributed by atoms with Crippen LogP contribution in [0.3, 0.4) is 0 Å². The molecule has 2 unspecified atom stereocenters. The average molecular weight is 379 g/mol. The van der Waals surface area contributed by atoms with Crippen molar-refractivity contribution >= 4 is 23.4 Å². The summed E-state index contributed by atoms with van der Waals surface area (Å²) in [4.78, 5) is 4.63. The summed E-state index contributed by atoms with van der Waals surface area (Å²) in [6, 6.07) is 24.4. The van der Waals surface area contributed by atoms with Gasteiger partial charge in [-0.1, -0.05) is 72.4 Å². The molecule has 0 radical (unpaired) electrons. The minimum atomic E-state index is -0.238. The van der Waals surface area contributed by atoms with Gasteiger partial charge in [-0.3, -0.25) is 0 Å². The van der Waals surface area contributed by atoms with Crippen LogP contribution in [0.2, 0.25) is 0 Å². The van der Waals surface area contributed by atoms with Crippen LogP contribution < -0.4 is 0 Å². The number of alkyl halides is 1. The van der Waals surface area contributed by atoms with Gasteiger partial charge in [0.25, 0.3) is 0 Å². The van der Waals surface area contributed by atoms with Crippen LogP contribution >= 0.6 is 23.4 Å². The summed E-state index contributed by atoms with van der Waals surface area (Å²) < 4.78 is 0. The Morgan fingerprint density at radius 1 is 0.962 bits per heavy atom. The van der Waals surface area contributed by atoms with E-state index in [1.807, 2.05) is 68.4 Å². The predicted molar refractivity (Wildman–Crippen MR) is 109 cm³/mol. The molecular formula is C22H19ClN2S. The summed E-state index contributed by atoms with van der Waals surface area (Å²) in [6.45, 7) is 3.90. The first-order valence-electron chi connectivity index (χ1n) is 8.39. The molecule has 0 aliphatic rings. The second-order valence-corrected chi connectivity index (χ2v) is 7.73. The van der Waals surface area contributed by atoms with Crippen molar-refractivity contribution in [2.45, 2.75) is 29.5 Å². The van der Waals surface area contributed by atoms with Gasteiger partial charge in [0.05, 0.1) is 16.2 Å². The molecule has 0 N–H and O–H groups in total. The van der Waals surface area contributed by atoms with Crippen molar-refractivity contribution in [1.82, 2.24) is 4.98 Å². The Morgan fingerprint density at radius 2 is 1.54 bits per heavy atom. The normalized spacial score (nSPS) is 13.0. The molecule has 0 saturated carbocycles. The largest absolute Gasteiger partial charge is 0.245 e. The zero-order chi connectivity index (χ0) is 18.5. The number of pyridine rings is 1. The van der Waals surface area contributed by atoms with Crippen LogP contribution in [-0.2, 0) is 0 Å². The predicted octanol–water partition coefficient (Wildman–Crippen LogP) is 6.38. The van der Waals surface area contributed by atoms with Gasteiger partial charge in [0, 0.05) is 5.69 Å². The maximum atomic E-state index is 9.59. The van der Waals surface area contributed by atoms with Gasteiger partial charge in [0.2, 0.25) is 0 Å². The second-order valence-electron chi connectivity index (χ2n) is 6.13. The van der Waals surface area contributed by atoms with Gasteiger partial charge >= 0.3 is 0 Å². The number of halogens is 1. The molecule has 0 saturated heterocycles. The first-order chi connectivity index (χ1) is 12.6. The third-order valence-electron chi connectivity index (χ3n) is 4.17. The van der Waals surface area contributed by atoms with E-state index in [1.165, 1.54) is 0 Å². The summed E-state index contributed by atoms with van der Waals surface area (Å²) in [5.74, 6) is 0. The minimum absolute atomic E-state index is 0.0546. The zero-order valence-corrected chi connectivity index (χ0v) is 16.3. The highest BCUT2D eigenvalue weighted by Crippen LogP contribution is 2.47. The highest BCUT2D eigenvalue weighted by atomic mass is 35.5. The lowest BCUT2D eigenvalue weighted by atomic mass is 10.0. The first-order valence-corrected chi connectivity index (χ1v) is 9.70. The van der Waals surface area contributed by atoms with E-state index in [1.54, 1.807) is 11.8 Å². The summed E-state index contributed by atoms with van der Waals surface area (Å²) >= 11 is 8.46. The van der Waals surface area contributed by atoms with Crippen molar-refractivity contribution in [3.8, 4) is 6.07 Å². The molecule has 2 atom stereocenters. The number of hydrogen-bond donors (Lipinski definition) is 0. The molecule has 0 aliphatic heterocycles. The van der Waals surface area contributed by atoms with Crippen molar-refractivity contribution in [2.75, 3.05) is 0 Å². The Labute approximate surface area is 163 Å². The molecule has 1 aromatic heterocycles. The molecular weight excluding hydrogens is 360 g/mol. The van der Waals surface area contributed by atoms with E-state index in [4.69, 9.17) is 11.6 Å². The number of benzene rings is 2. The lowest BCUT2D eigenvalue weighted by Crippen LogP contribution is -2.05. The molecule has 2 aromatic carbocycles. The van der Waals surface area contributed by atoms with Crippen LogP contribution in [0, 0.1) is 25.2 Å². The number of rotatable bonds is 5. The molecule has 0 fully saturated rings. The van der Waals surface area contributed by atoms with Gasteiger partial charge in [-0.05, 0) is 36.6 Å². The van der Waals surface area contributed by atoms with E-state index in [0.29, 0.717) is 5.56 Å². The lowest BCUT2D eigenvalue weighted by Gasteiger charge is -2.23. The molecule has 0 bridgehead atoms. The summed E-state index contributed by atoms with van der Waals surface area (Å²) in [6.07, 6.45) is 0. The number of thioether (sulfide) groups is 1. The highest BCUT2D eigenvalue weighted by Gasteiger charge is 2.26. The van der Waals surface area contributed by atoms with Crippen LogP contribution in [-0.4, -0.2) is 4.98 Å². The molecule has 1 heterocycles. The van der Waals surface area contributed by atoms with Crippen molar-refractivity contribution < 1.29 is 0 Å². The highest BCUT2D eigenvalue weighted by molar-refractivity contribution is 7.99. The minimum Gasteiger partial charge on any atom is -0.245 e. The maximum Gasteiger partial charge on any atom is 0.115 e. The Kier molecular flexibility index (Phi) is 5.98. The Balaban J connectivity index is 2.05. The molecule has 0 spiro atoms. The smallest absolute Gasteiger partial charge is 0.115 e. The number of aryl methyl sites for hydroxylation is 2. The fraction of sp³-hybridized carbons (Fsp3) is 0.182. The quantitative estimate of drug-likeness (QED) is 0.381. The standard InChI is InChI=1S/C22H19ClN2S/c1-15-13-16(2)25-22(19(15)14-24)26-21(18-11-7-4-8-12-18)20(23)17-9-5-3-6-10-17/h3-13,20-21H,1-2H3. The van der Waals surface area contributed by atoms with E-state index in [9.17, 15) is 5.26 Å². The monoisotopic (exact) mass is 378 g/mol. The van der Waals surface area contributed by atoms with Crippen LogP contribution in [0.4, 0.5) is 0 Å². The van der Waals surface area contributed by atoms with Gasteiger partial charge in [-0.25, -0.2) is 4.98 Å². The van der Waals surface area contributed by atoms with E-state index in [0.717, 1.165) is 27.4 Å². The third kappa shape index (κ3) is 4.09. The van der Waals surface area contributed by atoms with E-state index >= 15 is 0 Å². The number of hydrogen-bond acceptors (Lipinski definition) is 3. The maximum absolute atomic E-state index is 9.59. The fourth-order valence-corrected chi connectivity index (χ4v) is 4.67. The average Bonchev–Trinajstić information content (AvgIpc) is 2.66. The number of nitrogens with zero attached hydrogens (tertiary/aromatic N) is 2. The molecule has 2 nitrogen and oxygen atoms in total. The van der Waals surface area contributed by atoms with Crippen LogP contribution in [0.1, 0.15) is 38.6 Å². The van der Waals surface area contributed by atoms with Gasteiger partial charge in [-0.2, -0.15) is 5.26 Å². The van der Waals surface area contributed by atoms with Crippen molar-refractivity contribution in [2.24, 2.45) is 0 Å². The van der Waals surface area contributed by atoms with Crippen LogP contribution in [0.5, 0.6) is 0 Å². The molecule has 0 aliphatic carbocycles. The third-order valence-corrected chi connectivity index (χ3v) is 6.14. The van der Waals surface area contributed by atoms with Crippen molar-refractivity contribution in [3.63, 3.8) is 0 Å². The van der Waals surface area contributed by atoms with Gasteiger partial charge < -0.3 is 0 Å². The van der Waals surface area contributed by atoms with Crippen molar-refractivity contribution in [3.05, 3.63) is 94.7 Å². The first kappa shape index (κ1) is 18.5. The number of nitriles is 1. The Bertz CT molecular complexity index is 920. The van der Waals surface area contributed by atoms with E-state index < -0.39 is 0 Å². The summed E-state index contributed by atoms with van der Waals surface area (Å²) in [7, 11) is 0. The lowest BCUT2D eigenvalue weighted by molar-refractivity contribution is 0.885. The topological polar surface area (TPSA) is 36.7 Å². The molecule has 3 rings (SSSR count). The molecule has 130 valence electrons. The van der Waals surface area contributed by atoms with E-state index in [2.05, 4.69) is 23.2 Å². The summed E-state index contributed by atoms with van der Waals surface area (Å²) in [5.41, 5.74) is 4.64. The Hall–Kier alpha value is -2.28. The fourth-order valence-electron chi connectivity index (χ4n) is 2.90. The van der Waals surface area contributed by atoms with Gasteiger partial charge in [0.15, 0.2) is 0 Å². The van der Waals surface area contributed by atoms with Crippen LogP contribution in [0.15, 0.2) is 71.8 Å². The Morgan fingerprint density at radius 3 is 2.12 bits per heavy atom. The molecule has 0 amide bonds. The number of aromatic nitrogens is 1.